The van der Waals surface area contributed by atoms with Crippen molar-refractivity contribution in [1.29, 1.82) is 5.41 Å². The molecule has 0 bridgehead atoms. The molecule has 1 aromatic rings. The third-order valence-electron chi connectivity index (χ3n) is 1.82. The summed E-state index contributed by atoms with van der Waals surface area (Å²) in [6, 6.07) is 5.92. The molecule has 4 N–H and O–H groups in total. The maximum Gasteiger partial charge on any atom is 0.240 e. The molecule has 16 heavy (non-hydrogen) atoms. The standard InChI is InChI=1S/C9H13N3O3S/c1-15-7-2-4-8(5-3-7)16(13,14)12-6-9(10)11/h2-5,12H,6H2,1H3,(H3,10,11). The van der Waals surface area contributed by atoms with Crippen molar-refractivity contribution in [2.24, 2.45) is 5.73 Å². The highest BCUT2D eigenvalue weighted by Crippen LogP contribution is 2.14. The fraction of sp³-hybridized carbons (Fsp3) is 0.222. The zero-order valence-electron chi connectivity index (χ0n) is 8.73. The topological polar surface area (TPSA) is 105 Å². The molecule has 0 amide bonds. The van der Waals surface area contributed by atoms with Crippen LogP contribution in [-0.2, 0) is 10.0 Å². The van der Waals surface area contributed by atoms with Crippen LogP contribution in [0, 0.1) is 5.41 Å². The second-order valence-electron chi connectivity index (χ2n) is 3.03. The molecule has 0 unspecified atom stereocenters. The van der Waals surface area contributed by atoms with E-state index in [9.17, 15) is 8.42 Å². The minimum absolute atomic E-state index is 0.106. The Morgan fingerprint density at radius 2 is 2.00 bits per heavy atom. The number of sulfonamides is 1. The van der Waals surface area contributed by atoms with Crippen LogP contribution in [-0.4, -0.2) is 27.9 Å². The average Bonchev–Trinajstić information content (AvgIpc) is 2.27. The summed E-state index contributed by atoms with van der Waals surface area (Å²) in [7, 11) is -2.11. The average molecular weight is 243 g/mol. The smallest absolute Gasteiger partial charge is 0.240 e. The lowest BCUT2D eigenvalue weighted by Gasteiger charge is -2.06. The molecule has 0 fully saturated rings. The lowest BCUT2D eigenvalue weighted by molar-refractivity contribution is 0.414. The lowest BCUT2D eigenvalue weighted by Crippen LogP contribution is -2.32. The summed E-state index contributed by atoms with van der Waals surface area (Å²) in [6.07, 6.45) is 0. The van der Waals surface area contributed by atoms with Crippen LogP contribution in [0.5, 0.6) is 5.75 Å². The van der Waals surface area contributed by atoms with Gasteiger partial charge < -0.3 is 10.5 Å². The highest BCUT2D eigenvalue weighted by Gasteiger charge is 2.13. The van der Waals surface area contributed by atoms with Gasteiger partial charge in [0.2, 0.25) is 10.0 Å². The second-order valence-corrected chi connectivity index (χ2v) is 4.79. The molecule has 0 heterocycles. The normalized spacial score (nSPS) is 11.1. The Balaban J connectivity index is 2.85. The minimum Gasteiger partial charge on any atom is -0.497 e. The molecule has 0 aliphatic rings. The van der Waals surface area contributed by atoms with Crippen molar-refractivity contribution < 1.29 is 13.2 Å². The Kier molecular flexibility index (Phi) is 3.86. The van der Waals surface area contributed by atoms with Crippen LogP contribution >= 0.6 is 0 Å². The summed E-state index contributed by atoms with van der Waals surface area (Å²) in [5.41, 5.74) is 5.06. The van der Waals surface area contributed by atoms with Crippen molar-refractivity contribution in [2.75, 3.05) is 13.7 Å². The summed E-state index contributed by atoms with van der Waals surface area (Å²) in [5.74, 6) is 0.336. The summed E-state index contributed by atoms with van der Waals surface area (Å²) >= 11 is 0. The van der Waals surface area contributed by atoms with Crippen LogP contribution < -0.4 is 15.2 Å². The zero-order valence-corrected chi connectivity index (χ0v) is 9.54. The second kappa shape index (κ2) is 4.95. The van der Waals surface area contributed by atoms with Gasteiger partial charge in [-0.1, -0.05) is 0 Å². The summed E-state index contributed by atoms with van der Waals surface area (Å²) in [6.45, 7) is -0.200. The number of rotatable bonds is 5. The molecule has 88 valence electrons. The largest absolute Gasteiger partial charge is 0.497 e. The van der Waals surface area contributed by atoms with Gasteiger partial charge in [0, 0.05) is 0 Å². The van der Waals surface area contributed by atoms with Gasteiger partial charge in [-0.05, 0) is 24.3 Å². The van der Waals surface area contributed by atoms with Gasteiger partial charge in [0.1, 0.15) is 11.6 Å². The van der Waals surface area contributed by atoms with Gasteiger partial charge in [0.15, 0.2) is 0 Å². The minimum atomic E-state index is -3.61. The molecule has 1 aromatic carbocycles. The molecule has 0 spiro atoms. The first-order valence-corrected chi connectivity index (χ1v) is 5.90. The van der Waals surface area contributed by atoms with Crippen molar-refractivity contribution in [3.63, 3.8) is 0 Å². The number of hydrogen-bond acceptors (Lipinski definition) is 4. The first-order valence-electron chi connectivity index (χ1n) is 4.42. The Labute approximate surface area is 94.0 Å². The predicted octanol–water partition coefficient (Wildman–Crippen LogP) is -0.0905. The monoisotopic (exact) mass is 243 g/mol. The number of nitrogens with two attached hydrogens (primary N) is 1. The number of hydrogen-bond donors (Lipinski definition) is 3. The van der Waals surface area contributed by atoms with Crippen LogP contribution in [0.3, 0.4) is 0 Å². The van der Waals surface area contributed by atoms with Crippen molar-refractivity contribution in [3.05, 3.63) is 24.3 Å². The van der Waals surface area contributed by atoms with E-state index in [-0.39, 0.29) is 17.3 Å². The Hall–Kier alpha value is -1.60. The highest BCUT2D eigenvalue weighted by atomic mass is 32.2. The van der Waals surface area contributed by atoms with Crippen molar-refractivity contribution in [2.45, 2.75) is 4.90 Å². The maximum absolute atomic E-state index is 11.6. The van der Waals surface area contributed by atoms with Crippen LogP contribution in [0.15, 0.2) is 29.2 Å². The molecule has 0 aliphatic carbocycles. The molecule has 7 heteroatoms. The van der Waals surface area contributed by atoms with Crippen LogP contribution in [0.4, 0.5) is 0 Å². The lowest BCUT2D eigenvalue weighted by atomic mass is 10.3. The van der Waals surface area contributed by atoms with Gasteiger partial charge in [-0.25, -0.2) is 13.1 Å². The van der Waals surface area contributed by atoms with Crippen LogP contribution in [0.25, 0.3) is 0 Å². The number of amidine groups is 1. The molecule has 0 radical (unpaired) electrons. The van der Waals surface area contributed by atoms with E-state index in [2.05, 4.69) is 4.72 Å². The molecule has 0 saturated heterocycles. The van der Waals surface area contributed by atoms with E-state index in [0.29, 0.717) is 5.75 Å². The molecule has 1 rings (SSSR count). The van der Waals surface area contributed by atoms with Crippen molar-refractivity contribution in [1.82, 2.24) is 4.72 Å². The van der Waals surface area contributed by atoms with Gasteiger partial charge >= 0.3 is 0 Å². The van der Waals surface area contributed by atoms with Crippen LogP contribution in [0.1, 0.15) is 0 Å². The SMILES string of the molecule is COc1ccc(S(=O)(=O)NCC(=N)N)cc1. The molecule has 0 aliphatic heterocycles. The van der Waals surface area contributed by atoms with Crippen molar-refractivity contribution in [3.8, 4) is 5.75 Å². The van der Waals surface area contributed by atoms with E-state index < -0.39 is 10.0 Å². The van der Waals surface area contributed by atoms with E-state index in [1.807, 2.05) is 0 Å². The molecule has 0 atom stereocenters. The number of ether oxygens (including phenoxy) is 1. The maximum atomic E-state index is 11.6. The summed E-state index contributed by atoms with van der Waals surface area (Å²) in [5, 5.41) is 6.93. The van der Waals surface area contributed by atoms with Gasteiger partial charge in [-0.15, -0.1) is 0 Å². The van der Waals surface area contributed by atoms with Gasteiger partial charge in [0.25, 0.3) is 0 Å². The fourth-order valence-electron chi connectivity index (χ4n) is 1.01. The molecule has 0 aromatic heterocycles. The van der Waals surface area contributed by atoms with E-state index in [4.69, 9.17) is 15.9 Å². The molecule has 6 nitrogen and oxygen atoms in total. The van der Waals surface area contributed by atoms with Gasteiger partial charge in [0.05, 0.1) is 18.6 Å². The number of nitrogens with one attached hydrogen (secondary N) is 2. The third kappa shape index (κ3) is 3.21. The van der Waals surface area contributed by atoms with E-state index >= 15 is 0 Å². The number of methoxy groups -OCH3 is 1. The van der Waals surface area contributed by atoms with Crippen LogP contribution in [0.2, 0.25) is 0 Å². The van der Waals surface area contributed by atoms with Gasteiger partial charge in [-0.2, -0.15) is 0 Å². The summed E-state index contributed by atoms with van der Waals surface area (Å²) < 4.78 is 30.4. The third-order valence-corrected chi connectivity index (χ3v) is 3.24. The molecule has 0 saturated carbocycles. The van der Waals surface area contributed by atoms with E-state index in [0.717, 1.165) is 0 Å². The first kappa shape index (κ1) is 12.5. The Morgan fingerprint density at radius 3 is 2.44 bits per heavy atom. The van der Waals surface area contributed by atoms with Crippen molar-refractivity contribution >= 4 is 15.9 Å². The summed E-state index contributed by atoms with van der Waals surface area (Å²) in [4.78, 5) is 0.106. The molecular weight excluding hydrogens is 230 g/mol. The predicted molar refractivity (Wildman–Crippen MR) is 60.1 cm³/mol. The fourth-order valence-corrected chi connectivity index (χ4v) is 2.02. The molecular formula is C9H13N3O3S. The van der Waals surface area contributed by atoms with E-state index in [1.165, 1.54) is 19.2 Å². The number of benzene rings is 1. The first-order chi connectivity index (χ1) is 7.45. The van der Waals surface area contributed by atoms with Gasteiger partial charge in [-0.3, -0.25) is 5.41 Å². The quantitative estimate of drug-likeness (QED) is 0.496. The zero-order chi connectivity index (χ0) is 12.2. The Morgan fingerprint density at radius 1 is 1.44 bits per heavy atom. The Bertz CT molecular complexity index is 467. The van der Waals surface area contributed by atoms with E-state index in [1.54, 1.807) is 12.1 Å². The highest BCUT2D eigenvalue weighted by molar-refractivity contribution is 7.89.